The van der Waals surface area contributed by atoms with Crippen LogP contribution in [0.25, 0.3) is 0 Å². The van der Waals surface area contributed by atoms with Crippen LogP contribution in [0, 0.1) is 25.7 Å². The second-order valence-electron chi connectivity index (χ2n) is 8.96. The molecule has 6 nitrogen and oxygen atoms in total. The van der Waals surface area contributed by atoms with Crippen molar-refractivity contribution in [3.05, 3.63) is 49.8 Å². The highest BCUT2D eigenvalue weighted by Crippen LogP contribution is 2.31. The Balaban J connectivity index is 1.27. The molecule has 1 heterocycles. The van der Waals surface area contributed by atoms with Crippen molar-refractivity contribution in [3.63, 3.8) is 0 Å². The van der Waals surface area contributed by atoms with Crippen LogP contribution in [-0.2, 0) is 4.79 Å². The minimum absolute atomic E-state index is 0.0362. The lowest BCUT2D eigenvalue weighted by molar-refractivity contribution is -0.121. The second kappa shape index (κ2) is 8.62. The summed E-state index contributed by atoms with van der Waals surface area (Å²) in [7, 11) is 0. The van der Waals surface area contributed by atoms with Gasteiger partial charge in [-0.05, 0) is 81.5 Å². The number of hydrogen-bond donors (Lipinski definition) is 2. The van der Waals surface area contributed by atoms with E-state index in [0.29, 0.717) is 23.8 Å². The average molecular weight is 410 g/mol. The summed E-state index contributed by atoms with van der Waals surface area (Å²) < 4.78 is 0. The number of hydrogen-bond acceptors (Lipinski definition) is 5. The van der Waals surface area contributed by atoms with Crippen molar-refractivity contribution in [2.45, 2.75) is 52.4 Å². The first-order valence-electron chi connectivity index (χ1n) is 11.1. The smallest absolute Gasteiger partial charge is 0.253 e. The molecule has 0 bridgehead atoms. The molecule has 1 saturated carbocycles. The zero-order chi connectivity index (χ0) is 21.3. The first-order chi connectivity index (χ1) is 14.4. The monoisotopic (exact) mass is 409 g/mol. The van der Waals surface area contributed by atoms with Gasteiger partial charge in [-0.1, -0.05) is 6.07 Å². The van der Waals surface area contributed by atoms with Gasteiger partial charge in [0.1, 0.15) is 11.4 Å². The van der Waals surface area contributed by atoms with E-state index >= 15 is 0 Å². The third kappa shape index (κ3) is 4.13. The third-order valence-electron chi connectivity index (χ3n) is 6.87. The predicted molar refractivity (Wildman–Crippen MR) is 121 cm³/mol. The van der Waals surface area contributed by atoms with Crippen molar-refractivity contribution in [1.82, 2.24) is 0 Å². The maximum absolute atomic E-state index is 12.6. The van der Waals surface area contributed by atoms with Crippen LogP contribution in [0.2, 0.25) is 0 Å². The van der Waals surface area contributed by atoms with E-state index < -0.39 is 0 Å². The molecule has 0 unspecified atom stereocenters. The van der Waals surface area contributed by atoms with E-state index in [1.54, 1.807) is 0 Å². The number of nitrogens with one attached hydrogen (secondary N) is 2. The molecule has 0 spiro atoms. The van der Waals surface area contributed by atoms with E-state index in [-0.39, 0.29) is 22.7 Å². The van der Waals surface area contributed by atoms with Crippen LogP contribution in [-0.4, -0.2) is 25.5 Å². The van der Waals surface area contributed by atoms with Gasteiger partial charge in [0.2, 0.25) is 5.91 Å². The minimum atomic E-state index is -0.377. The maximum Gasteiger partial charge on any atom is 0.253 e. The zero-order valence-corrected chi connectivity index (χ0v) is 17.9. The normalized spacial score (nSPS) is 21.7. The Kier molecular flexibility index (Phi) is 5.93. The van der Waals surface area contributed by atoms with E-state index in [9.17, 15) is 14.4 Å². The van der Waals surface area contributed by atoms with Crippen molar-refractivity contribution >= 4 is 23.0 Å². The van der Waals surface area contributed by atoms with Crippen LogP contribution in [0.15, 0.2) is 27.8 Å². The number of benzene rings is 1. The van der Waals surface area contributed by atoms with Gasteiger partial charge in [0, 0.05) is 31.2 Å². The number of aryl methyl sites for hydroxylation is 2. The Hall–Kier alpha value is -2.63. The van der Waals surface area contributed by atoms with Gasteiger partial charge >= 0.3 is 0 Å². The van der Waals surface area contributed by atoms with Crippen LogP contribution >= 0.6 is 0 Å². The summed E-state index contributed by atoms with van der Waals surface area (Å²) in [5, 5.41) is 6.32. The molecule has 2 fully saturated rings. The van der Waals surface area contributed by atoms with Crippen molar-refractivity contribution in [2.24, 2.45) is 11.8 Å². The van der Waals surface area contributed by atoms with Crippen molar-refractivity contribution < 1.29 is 4.79 Å². The fourth-order valence-electron chi connectivity index (χ4n) is 4.72. The predicted octanol–water partition coefficient (Wildman–Crippen LogP) is 3.36. The highest BCUT2D eigenvalue weighted by Gasteiger charge is 2.30. The quantitative estimate of drug-likeness (QED) is 0.716. The second-order valence-corrected chi connectivity index (χ2v) is 8.96. The first-order valence-corrected chi connectivity index (χ1v) is 11.1. The molecular weight excluding hydrogens is 378 g/mol. The summed E-state index contributed by atoms with van der Waals surface area (Å²) in [4.78, 5) is 38.7. The van der Waals surface area contributed by atoms with Crippen molar-refractivity contribution in [1.29, 1.82) is 0 Å². The number of rotatable bonds is 6. The van der Waals surface area contributed by atoms with Crippen LogP contribution in [0.5, 0.6) is 0 Å². The zero-order valence-electron chi connectivity index (χ0n) is 17.9. The molecule has 2 aliphatic rings. The Morgan fingerprint density at radius 2 is 1.70 bits per heavy atom. The van der Waals surface area contributed by atoms with Gasteiger partial charge in [0.25, 0.3) is 10.9 Å². The topological polar surface area (TPSA) is 78.5 Å². The molecule has 2 aromatic rings. The summed E-state index contributed by atoms with van der Waals surface area (Å²) in [6.45, 7) is 6.53. The van der Waals surface area contributed by atoms with Crippen LogP contribution in [0.1, 0.15) is 49.7 Å². The fourth-order valence-corrected chi connectivity index (χ4v) is 4.72. The molecule has 160 valence electrons. The molecule has 0 radical (unpaired) electrons. The van der Waals surface area contributed by atoms with Gasteiger partial charge in [0.15, 0.2) is 0 Å². The molecule has 1 aliphatic heterocycles. The average Bonchev–Trinajstić information content (AvgIpc) is 3.27. The standard InChI is InChI=1S/C24H31N3O3/c1-15-5-10-19(13-16(15)2)26-24(30)18-8-6-17(7-9-18)14-25-20-21(23(29)22(20)28)27-11-3-4-12-27/h5,10,13,17-18,25H,3-4,6-9,11-12,14H2,1-2H3,(H,26,30). The molecule has 4 rings (SSSR count). The molecule has 1 saturated heterocycles. The van der Waals surface area contributed by atoms with Gasteiger partial charge in [-0.2, -0.15) is 0 Å². The largest absolute Gasteiger partial charge is 0.380 e. The summed E-state index contributed by atoms with van der Waals surface area (Å²) in [6, 6.07) is 6.01. The summed E-state index contributed by atoms with van der Waals surface area (Å²) in [6.07, 6.45) is 5.76. The third-order valence-corrected chi connectivity index (χ3v) is 6.87. The van der Waals surface area contributed by atoms with E-state index in [1.165, 1.54) is 11.1 Å². The molecule has 1 aliphatic carbocycles. The lowest BCUT2D eigenvalue weighted by Gasteiger charge is -2.29. The number of anilines is 3. The van der Waals surface area contributed by atoms with Crippen LogP contribution in [0.4, 0.5) is 17.1 Å². The summed E-state index contributed by atoms with van der Waals surface area (Å²) in [5.74, 6) is 0.559. The Bertz CT molecular complexity index is 992. The highest BCUT2D eigenvalue weighted by atomic mass is 16.2. The minimum Gasteiger partial charge on any atom is -0.380 e. The number of amides is 1. The molecular formula is C24H31N3O3. The van der Waals surface area contributed by atoms with Gasteiger partial charge < -0.3 is 15.5 Å². The highest BCUT2D eigenvalue weighted by molar-refractivity contribution is 5.92. The fraction of sp³-hybridized carbons (Fsp3) is 0.542. The van der Waals surface area contributed by atoms with Crippen molar-refractivity contribution in [2.75, 3.05) is 35.2 Å². The van der Waals surface area contributed by atoms with E-state index in [1.807, 2.05) is 30.0 Å². The Labute approximate surface area is 177 Å². The van der Waals surface area contributed by atoms with Crippen LogP contribution < -0.4 is 26.4 Å². The van der Waals surface area contributed by atoms with E-state index in [0.717, 1.165) is 57.3 Å². The van der Waals surface area contributed by atoms with E-state index in [4.69, 9.17) is 0 Å². The molecule has 2 aromatic carbocycles. The van der Waals surface area contributed by atoms with Crippen LogP contribution in [0.3, 0.4) is 0 Å². The maximum atomic E-state index is 12.6. The molecule has 2 N–H and O–H groups in total. The summed E-state index contributed by atoms with van der Waals surface area (Å²) >= 11 is 0. The lowest BCUT2D eigenvalue weighted by atomic mass is 9.81. The Morgan fingerprint density at radius 1 is 1.00 bits per heavy atom. The van der Waals surface area contributed by atoms with Gasteiger partial charge in [0.05, 0.1) is 0 Å². The SMILES string of the molecule is Cc1ccc(NC(=O)C2CCC(CNc3c(N4CCCC4)c(=O)c3=O)CC2)cc1C. The molecule has 0 atom stereocenters. The number of carbonyl (C=O) groups is 1. The molecule has 30 heavy (non-hydrogen) atoms. The molecule has 0 aromatic heterocycles. The first kappa shape index (κ1) is 20.6. The molecule has 6 heteroatoms. The number of carbonyl (C=O) groups excluding carboxylic acids is 1. The Morgan fingerprint density at radius 3 is 2.37 bits per heavy atom. The lowest BCUT2D eigenvalue weighted by Crippen LogP contribution is -2.42. The summed E-state index contributed by atoms with van der Waals surface area (Å²) in [5.41, 5.74) is 3.64. The van der Waals surface area contributed by atoms with Gasteiger partial charge in [-0.3, -0.25) is 14.4 Å². The van der Waals surface area contributed by atoms with Gasteiger partial charge in [-0.15, -0.1) is 0 Å². The van der Waals surface area contributed by atoms with E-state index in [2.05, 4.69) is 17.6 Å². The van der Waals surface area contributed by atoms with Gasteiger partial charge in [-0.25, -0.2) is 0 Å². The molecule has 1 amide bonds. The van der Waals surface area contributed by atoms with Crippen molar-refractivity contribution in [3.8, 4) is 0 Å². The number of nitrogens with zero attached hydrogens (tertiary/aromatic N) is 1.